The molecule has 2 unspecified atom stereocenters. The Kier molecular flexibility index (Phi) is 2.87. The standard InChI is InChI=1S/C11H19N3/c1-3-12-10-5-4-6-11(10)14-8-9(2)7-13-14/h7-8,10-12H,3-6H2,1-2H3. The molecule has 3 nitrogen and oxygen atoms in total. The van der Waals surface area contributed by atoms with Gasteiger partial charge in [0, 0.05) is 12.2 Å². The number of hydrogen-bond donors (Lipinski definition) is 1. The molecule has 78 valence electrons. The predicted octanol–water partition coefficient (Wildman–Crippen LogP) is 1.89. The van der Waals surface area contributed by atoms with Gasteiger partial charge in [0.1, 0.15) is 0 Å². The van der Waals surface area contributed by atoms with Gasteiger partial charge in [-0.3, -0.25) is 4.68 Å². The second-order valence-corrected chi connectivity index (χ2v) is 4.16. The quantitative estimate of drug-likeness (QED) is 0.794. The summed E-state index contributed by atoms with van der Waals surface area (Å²) in [5, 5.41) is 7.95. The third-order valence-corrected chi connectivity index (χ3v) is 3.02. The molecular formula is C11H19N3. The molecule has 3 heteroatoms. The Labute approximate surface area is 85.5 Å². The largest absolute Gasteiger partial charge is 0.312 e. The van der Waals surface area contributed by atoms with Crippen LogP contribution in [0.3, 0.4) is 0 Å². The van der Waals surface area contributed by atoms with Crippen molar-refractivity contribution in [1.82, 2.24) is 15.1 Å². The zero-order valence-corrected chi connectivity index (χ0v) is 9.03. The summed E-state index contributed by atoms with van der Waals surface area (Å²) >= 11 is 0. The van der Waals surface area contributed by atoms with E-state index in [-0.39, 0.29) is 0 Å². The van der Waals surface area contributed by atoms with Gasteiger partial charge < -0.3 is 5.32 Å². The number of nitrogens with zero attached hydrogens (tertiary/aromatic N) is 2. The smallest absolute Gasteiger partial charge is 0.0672 e. The summed E-state index contributed by atoms with van der Waals surface area (Å²) in [6, 6.07) is 1.20. The van der Waals surface area contributed by atoms with E-state index in [1.54, 1.807) is 0 Å². The number of likely N-dealkylation sites (N-methyl/N-ethyl adjacent to an activating group) is 1. The molecule has 14 heavy (non-hydrogen) atoms. The molecule has 0 aromatic carbocycles. The topological polar surface area (TPSA) is 29.9 Å². The lowest BCUT2D eigenvalue weighted by Gasteiger charge is -2.20. The molecule has 1 saturated carbocycles. The maximum Gasteiger partial charge on any atom is 0.0672 e. The normalized spacial score (nSPS) is 27.0. The van der Waals surface area contributed by atoms with E-state index in [1.807, 2.05) is 6.20 Å². The van der Waals surface area contributed by atoms with E-state index in [2.05, 4.69) is 35.1 Å². The summed E-state index contributed by atoms with van der Waals surface area (Å²) in [7, 11) is 0. The van der Waals surface area contributed by atoms with E-state index in [0.29, 0.717) is 12.1 Å². The van der Waals surface area contributed by atoms with Crippen LogP contribution < -0.4 is 5.32 Å². The molecule has 1 N–H and O–H groups in total. The Balaban J connectivity index is 2.09. The van der Waals surface area contributed by atoms with Crippen LogP contribution in [-0.2, 0) is 0 Å². The maximum atomic E-state index is 4.41. The molecule has 1 aliphatic rings. The van der Waals surface area contributed by atoms with E-state index >= 15 is 0 Å². The van der Waals surface area contributed by atoms with Gasteiger partial charge in [-0.1, -0.05) is 6.92 Å². The van der Waals surface area contributed by atoms with Crippen LogP contribution in [0.4, 0.5) is 0 Å². The van der Waals surface area contributed by atoms with Gasteiger partial charge in [0.05, 0.1) is 12.2 Å². The zero-order chi connectivity index (χ0) is 9.97. The molecule has 0 saturated heterocycles. The van der Waals surface area contributed by atoms with Gasteiger partial charge in [0.15, 0.2) is 0 Å². The Morgan fingerprint density at radius 3 is 3.07 bits per heavy atom. The van der Waals surface area contributed by atoms with E-state index in [4.69, 9.17) is 0 Å². The molecule has 1 aromatic heterocycles. The third kappa shape index (κ3) is 1.82. The van der Waals surface area contributed by atoms with Crippen LogP contribution in [0.1, 0.15) is 37.8 Å². The fraction of sp³-hybridized carbons (Fsp3) is 0.727. The number of rotatable bonds is 3. The number of aryl methyl sites for hydroxylation is 1. The van der Waals surface area contributed by atoms with Gasteiger partial charge in [0.25, 0.3) is 0 Å². The summed E-state index contributed by atoms with van der Waals surface area (Å²) in [4.78, 5) is 0. The Morgan fingerprint density at radius 2 is 2.43 bits per heavy atom. The molecule has 0 spiro atoms. The van der Waals surface area contributed by atoms with Crippen molar-refractivity contribution in [1.29, 1.82) is 0 Å². The minimum Gasteiger partial charge on any atom is -0.312 e. The summed E-state index contributed by atoms with van der Waals surface area (Å²) < 4.78 is 2.13. The fourth-order valence-corrected chi connectivity index (χ4v) is 2.37. The van der Waals surface area contributed by atoms with Crippen molar-refractivity contribution in [2.24, 2.45) is 0 Å². The van der Waals surface area contributed by atoms with E-state index in [9.17, 15) is 0 Å². The molecule has 2 atom stereocenters. The highest BCUT2D eigenvalue weighted by molar-refractivity contribution is 5.02. The minimum absolute atomic E-state index is 0.573. The van der Waals surface area contributed by atoms with Crippen LogP contribution in [0.15, 0.2) is 12.4 Å². The fourth-order valence-electron chi connectivity index (χ4n) is 2.37. The minimum atomic E-state index is 0.573. The lowest BCUT2D eigenvalue weighted by atomic mass is 10.2. The molecule has 2 rings (SSSR count). The summed E-state index contributed by atoms with van der Waals surface area (Å²) in [6.07, 6.45) is 7.97. The van der Waals surface area contributed by atoms with Crippen LogP contribution in [0.2, 0.25) is 0 Å². The lowest BCUT2D eigenvalue weighted by Crippen LogP contribution is -2.33. The summed E-state index contributed by atoms with van der Waals surface area (Å²) in [5.41, 5.74) is 1.26. The monoisotopic (exact) mass is 193 g/mol. The molecule has 1 aromatic rings. The van der Waals surface area contributed by atoms with Crippen molar-refractivity contribution in [3.63, 3.8) is 0 Å². The van der Waals surface area contributed by atoms with Gasteiger partial charge in [-0.25, -0.2) is 0 Å². The first kappa shape index (κ1) is 9.71. The first-order valence-electron chi connectivity index (χ1n) is 5.55. The van der Waals surface area contributed by atoms with Gasteiger partial charge in [0.2, 0.25) is 0 Å². The van der Waals surface area contributed by atoms with Gasteiger partial charge in [-0.15, -0.1) is 0 Å². The average molecular weight is 193 g/mol. The van der Waals surface area contributed by atoms with Crippen molar-refractivity contribution < 1.29 is 0 Å². The maximum absolute atomic E-state index is 4.41. The predicted molar refractivity (Wildman–Crippen MR) is 57.3 cm³/mol. The Morgan fingerprint density at radius 1 is 1.57 bits per heavy atom. The second kappa shape index (κ2) is 4.13. The van der Waals surface area contributed by atoms with Gasteiger partial charge >= 0.3 is 0 Å². The molecule has 1 heterocycles. The number of aromatic nitrogens is 2. The van der Waals surface area contributed by atoms with Crippen LogP contribution in [-0.4, -0.2) is 22.4 Å². The summed E-state index contributed by atoms with van der Waals surface area (Å²) in [5.74, 6) is 0. The lowest BCUT2D eigenvalue weighted by molar-refractivity contribution is 0.371. The van der Waals surface area contributed by atoms with Crippen molar-refractivity contribution in [3.05, 3.63) is 18.0 Å². The van der Waals surface area contributed by atoms with Gasteiger partial charge in [-0.2, -0.15) is 5.10 Å². The molecule has 1 fully saturated rings. The molecule has 0 radical (unpaired) electrons. The number of hydrogen-bond acceptors (Lipinski definition) is 2. The third-order valence-electron chi connectivity index (χ3n) is 3.02. The molecular weight excluding hydrogens is 174 g/mol. The van der Waals surface area contributed by atoms with Crippen molar-refractivity contribution in [2.45, 2.75) is 45.2 Å². The van der Waals surface area contributed by atoms with Crippen LogP contribution in [0.25, 0.3) is 0 Å². The van der Waals surface area contributed by atoms with E-state index in [1.165, 1.54) is 24.8 Å². The van der Waals surface area contributed by atoms with Crippen molar-refractivity contribution in [2.75, 3.05) is 6.54 Å². The van der Waals surface area contributed by atoms with Gasteiger partial charge in [-0.05, 0) is 38.3 Å². The second-order valence-electron chi connectivity index (χ2n) is 4.16. The molecule has 1 aliphatic carbocycles. The van der Waals surface area contributed by atoms with Crippen molar-refractivity contribution in [3.8, 4) is 0 Å². The highest BCUT2D eigenvalue weighted by Gasteiger charge is 2.28. The van der Waals surface area contributed by atoms with Crippen LogP contribution in [0.5, 0.6) is 0 Å². The van der Waals surface area contributed by atoms with E-state index in [0.717, 1.165) is 6.54 Å². The Bertz CT molecular complexity index is 292. The molecule has 0 bridgehead atoms. The van der Waals surface area contributed by atoms with E-state index < -0.39 is 0 Å². The average Bonchev–Trinajstić information content (AvgIpc) is 2.74. The first-order valence-corrected chi connectivity index (χ1v) is 5.55. The first-order chi connectivity index (χ1) is 6.81. The molecule has 0 amide bonds. The number of nitrogens with one attached hydrogen (secondary N) is 1. The molecule has 0 aliphatic heterocycles. The van der Waals surface area contributed by atoms with Crippen LogP contribution in [0, 0.1) is 6.92 Å². The van der Waals surface area contributed by atoms with Crippen molar-refractivity contribution >= 4 is 0 Å². The van der Waals surface area contributed by atoms with Crippen LogP contribution >= 0.6 is 0 Å². The summed E-state index contributed by atoms with van der Waals surface area (Å²) in [6.45, 7) is 5.33. The SMILES string of the molecule is CCNC1CCCC1n1cc(C)cn1. The highest BCUT2D eigenvalue weighted by Crippen LogP contribution is 2.29. The zero-order valence-electron chi connectivity index (χ0n) is 9.03. The Hall–Kier alpha value is -0.830. The highest BCUT2D eigenvalue weighted by atomic mass is 15.3.